The van der Waals surface area contributed by atoms with Crippen molar-refractivity contribution in [3.8, 4) is 16.9 Å². The molecular formula is C21H23FN2O2. The second-order valence-electron chi connectivity index (χ2n) is 7.01. The van der Waals surface area contributed by atoms with Crippen LogP contribution in [0.2, 0.25) is 0 Å². The van der Waals surface area contributed by atoms with E-state index < -0.39 is 0 Å². The lowest BCUT2D eigenvalue weighted by Crippen LogP contribution is -2.52. The molecule has 5 heteroatoms. The maximum Gasteiger partial charge on any atom is 0.253 e. The molecule has 2 heterocycles. The molecule has 0 aromatic heterocycles. The topological polar surface area (TPSA) is 32.8 Å². The minimum absolute atomic E-state index is 0.0498. The zero-order valence-electron chi connectivity index (χ0n) is 15.0. The summed E-state index contributed by atoms with van der Waals surface area (Å²) < 4.78 is 19.1. The molecule has 136 valence electrons. The lowest BCUT2D eigenvalue weighted by Gasteiger charge is -2.37. The maximum atomic E-state index is 13.7. The van der Waals surface area contributed by atoms with Gasteiger partial charge in [-0.3, -0.25) is 9.69 Å². The van der Waals surface area contributed by atoms with Crippen molar-refractivity contribution in [1.29, 1.82) is 0 Å². The van der Waals surface area contributed by atoms with Crippen LogP contribution in [0.1, 0.15) is 23.2 Å². The fourth-order valence-corrected chi connectivity index (χ4v) is 4.08. The standard InChI is InChI=1S/C21H23FN2O2/c1-26-20-8-7-17(22)13-19(20)15-4-2-5-16(12-15)21(25)24-11-10-23-9-3-6-18(23)14-24/h2,4-5,7-8,12-13,18H,3,6,9-11,14H2,1H3/t18-/m1/s1. The third kappa shape index (κ3) is 3.19. The number of nitrogens with zero attached hydrogens (tertiary/aromatic N) is 2. The summed E-state index contributed by atoms with van der Waals surface area (Å²) in [6, 6.07) is 12.3. The summed E-state index contributed by atoms with van der Waals surface area (Å²) in [5.74, 6) is 0.319. The first-order valence-corrected chi connectivity index (χ1v) is 9.13. The Bertz CT molecular complexity index is 823. The molecule has 4 nitrogen and oxygen atoms in total. The summed E-state index contributed by atoms with van der Waals surface area (Å²) in [6.45, 7) is 3.67. The van der Waals surface area contributed by atoms with Crippen molar-refractivity contribution in [3.63, 3.8) is 0 Å². The van der Waals surface area contributed by atoms with E-state index in [2.05, 4.69) is 4.90 Å². The lowest BCUT2D eigenvalue weighted by molar-refractivity contribution is 0.0571. The van der Waals surface area contributed by atoms with E-state index in [0.717, 1.165) is 31.7 Å². The minimum Gasteiger partial charge on any atom is -0.496 e. The predicted molar refractivity (Wildman–Crippen MR) is 98.9 cm³/mol. The number of halogens is 1. The number of amides is 1. The summed E-state index contributed by atoms with van der Waals surface area (Å²) >= 11 is 0. The van der Waals surface area contributed by atoms with E-state index in [4.69, 9.17) is 4.74 Å². The first-order chi connectivity index (χ1) is 12.7. The van der Waals surface area contributed by atoms with E-state index in [9.17, 15) is 9.18 Å². The summed E-state index contributed by atoms with van der Waals surface area (Å²) in [4.78, 5) is 17.4. The van der Waals surface area contributed by atoms with Crippen LogP contribution in [-0.2, 0) is 0 Å². The molecule has 2 aliphatic heterocycles. The number of fused-ring (bicyclic) bond motifs is 1. The lowest BCUT2D eigenvalue weighted by atomic mass is 10.0. The second kappa shape index (κ2) is 7.08. The monoisotopic (exact) mass is 354 g/mol. The van der Waals surface area contributed by atoms with Crippen molar-refractivity contribution in [2.24, 2.45) is 0 Å². The Morgan fingerprint density at radius 2 is 2.04 bits per heavy atom. The van der Waals surface area contributed by atoms with Gasteiger partial charge in [-0.05, 0) is 55.3 Å². The summed E-state index contributed by atoms with van der Waals surface area (Å²) in [7, 11) is 1.56. The molecule has 1 amide bonds. The zero-order valence-corrected chi connectivity index (χ0v) is 15.0. The smallest absolute Gasteiger partial charge is 0.253 e. The maximum absolute atomic E-state index is 13.7. The predicted octanol–water partition coefficient (Wildman–Crippen LogP) is 3.42. The van der Waals surface area contributed by atoms with E-state index in [1.165, 1.54) is 25.0 Å². The number of methoxy groups -OCH3 is 1. The van der Waals surface area contributed by atoms with Gasteiger partial charge in [-0.1, -0.05) is 12.1 Å². The van der Waals surface area contributed by atoms with Gasteiger partial charge < -0.3 is 9.64 Å². The van der Waals surface area contributed by atoms with Crippen LogP contribution in [-0.4, -0.2) is 55.0 Å². The summed E-state index contributed by atoms with van der Waals surface area (Å²) in [6.07, 6.45) is 2.39. The third-order valence-corrected chi connectivity index (χ3v) is 5.46. The van der Waals surface area contributed by atoms with E-state index in [0.29, 0.717) is 22.9 Å². The average Bonchev–Trinajstić information content (AvgIpc) is 3.15. The third-order valence-electron chi connectivity index (χ3n) is 5.46. The molecule has 2 saturated heterocycles. The van der Waals surface area contributed by atoms with Gasteiger partial charge in [-0.15, -0.1) is 0 Å². The fraction of sp³-hybridized carbons (Fsp3) is 0.381. The molecule has 4 rings (SSSR count). The fourth-order valence-electron chi connectivity index (χ4n) is 4.08. The van der Waals surface area contributed by atoms with Gasteiger partial charge in [-0.25, -0.2) is 4.39 Å². The van der Waals surface area contributed by atoms with E-state index in [1.54, 1.807) is 13.2 Å². The van der Waals surface area contributed by atoms with Crippen molar-refractivity contribution >= 4 is 5.91 Å². The van der Waals surface area contributed by atoms with Gasteiger partial charge in [0, 0.05) is 36.8 Å². The molecular weight excluding hydrogens is 331 g/mol. The Hall–Kier alpha value is -2.40. The average molecular weight is 354 g/mol. The number of ether oxygens (including phenoxy) is 1. The first-order valence-electron chi connectivity index (χ1n) is 9.13. The van der Waals surface area contributed by atoms with E-state index in [-0.39, 0.29) is 11.7 Å². The van der Waals surface area contributed by atoms with Crippen LogP contribution in [0.25, 0.3) is 11.1 Å². The van der Waals surface area contributed by atoms with Crippen molar-refractivity contribution in [2.45, 2.75) is 18.9 Å². The van der Waals surface area contributed by atoms with E-state index in [1.807, 2.05) is 29.2 Å². The van der Waals surface area contributed by atoms with Gasteiger partial charge in [0.15, 0.2) is 0 Å². The van der Waals surface area contributed by atoms with Crippen LogP contribution in [0.5, 0.6) is 5.75 Å². The van der Waals surface area contributed by atoms with Crippen LogP contribution >= 0.6 is 0 Å². The summed E-state index contributed by atoms with van der Waals surface area (Å²) in [5.41, 5.74) is 2.08. The molecule has 0 aliphatic carbocycles. The van der Waals surface area contributed by atoms with Crippen LogP contribution in [0, 0.1) is 5.82 Å². The number of benzene rings is 2. The highest BCUT2D eigenvalue weighted by atomic mass is 19.1. The highest BCUT2D eigenvalue weighted by molar-refractivity contribution is 5.95. The summed E-state index contributed by atoms with van der Waals surface area (Å²) in [5, 5.41) is 0. The second-order valence-corrected chi connectivity index (χ2v) is 7.01. The highest BCUT2D eigenvalue weighted by Gasteiger charge is 2.32. The highest BCUT2D eigenvalue weighted by Crippen LogP contribution is 2.31. The molecule has 0 radical (unpaired) electrons. The van der Waals surface area contributed by atoms with Gasteiger partial charge >= 0.3 is 0 Å². The Morgan fingerprint density at radius 1 is 1.15 bits per heavy atom. The number of hydrogen-bond donors (Lipinski definition) is 0. The van der Waals surface area contributed by atoms with Crippen LogP contribution < -0.4 is 4.74 Å². The molecule has 0 N–H and O–H groups in total. The number of hydrogen-bond acceptors (Lipinski definition) is 3. The molecule has 1 atom stereocenters. The quantitative estimate of drug-likeness (QED) is 0.847. The van der Waals surface area contributed by atoms with Crippen molar-refractivity contribution in [1.82, 2.24) is 9.80 Å². The molecule has 2 aromatic carbocycles. The molecule has 26 heavy (non-hydrogen) atoms. The van der Waals surface area contributed by atoms with Gasteiger partial charge in [0.1, 0.15) is 11.6 Å². The largest absolute Gasteiger partial charge is 0.496 e. The molecule has 2 fully saturated rings. The number of piperazine rings is 1. The molecule has 0 bridgehead atoms. The molecule has 2 aromatic rings. The molecule has 0 saturated carbocycles. The molecule has 0 unspecified atom stereocenters. The number of carbonyl (C=O) groups excluding carboxylic acids is 1. The number of carbonyl (C=O) groups is 1. The normalized spacial score (nSPS) is 20.1. The first kappa shape index (κ1) is 17.0. The van der Waals surface area contributed by atoms with Crippen LogP contribution in [0.4, 0.5) is 4.39 Å². The van der Waals surface area contributed by atoms with E-state index >= 15 is 0 Å². The Labute approximate surface area is 153 Å². The van der Waals surface area contributed by atoms with Crippen molar-refractivity contribution in [3.05, 3.63) is 53.8 Å². The zero-order chi connectivity index (χ0) is 18.1. The van der Waals surface area contributed by atoms with Crippen LogP contribution in [0.15, 0.2) is 42.5 Å². The molecule has 2 aliphatic rings. The van der Waals surface area contributed by atoms with Gasteiger partial charge in [0.25, 0.3) is 5.91 Å². The van der Waals surface area contributed by atoms with Gasteiger partial charge in [0.05, 0.1) is 7.11 Å². The Balaban J connectivity index is 1.60. The van der Waals surface area contributed by atoms with Gasteiger partial charge in [0.2, 0.25) is 0 Å². The van der Waals surface area contributed by atoms with Crippen molar-refractivity contribution < 1.29 is 13.9 Å². The van der Waals surface area contributed by atoms with Crippen LogP contribution in [0.3, 0.4) is 0 Å². The molecule has 0 spiro atoms. The Morgan fingerprint density at radius 3 is 2.88 bits per heavy atom. The number of rotatable bonds is 3. The SMILES string of the molecule is COc1ccc(F)cc1-c1cccc(C(=O)N2CCN3CCC[C@@H]3C2)c1. The Kier molecular flexibility index (Phi) is 4.64. The van der Waals surface area contributed by atoms with Gasteiger partial charge in [-0.2, -0.15) is 0 Å². The van der Waals surface area contributed by atoms with Crippen molar-refractivity contribution in [2.75, 3.05) is 33.3 Å². The minimum atomic E-state index is -0.324.